The molecule has 2 nitrogen and oxygen atoms in total. The second kappa shape index (κ2) is 6.07. The van der Waals surface area contributed by atoms with Crippen LogP contribution in [-0.4, -0.2) is 12.0 Å². The molecule has 94 valence electrons. The summed E-state index contributed by atoms with van der Waals surface area (Å²) in [4.78, 5) is 6.42. The van der Waals surface area contributed by atoms with Gasteiger partial charge in [-0.3, -0.25) is 4.98 Å². The summed E-state index contributed by atoms with van der Waals surface area (Å²) >= 11 is 12.0. The largest absolute Gasteiger partial charge is 0.368 e. The zero-order valence-electron chi connectivity index (χ0n) is 10.1. The van der Waals surface area contributed by atoms with Gasteiger partial charge in [0.1, 0.15) is 0 Å². The van der Waals surface area contributed by atoms with Gasteiger partial charge in [-0.05, 0) is 29.8 Å². The van der Waals surface area contributed by atoms with E-state index in [2.05, 4.69) is 9.88 Å². The summed E-state index contributed by atoms with van der Waals surface area (Å²) in [5.41, 5.74) is 3.13. The molecular weight excluding hydrogens is 267 g/mol. The van der Waals surface area contributed by atoms with E-state index in [4.69, 9.17) is 23.2 Å². The summed E-state index contributed by atoms with van der Waals surface area (Å²) in [5, 5.41) is 0.715. The highest BCUT2D eigenvalue weighted by molar-refractivity contribution is 6.31. The third kappa shape index (κ3) is 3.15. The first-order chi connectivity index (χ1) is 8.70. The molecule has 0 atom stereocenters. The molecule has 1 aromatic carbocycles. The van der Waals surface area contributed by atoms with Gasteiger partial charge in [-0.1, -0.05) is 23.7 Å². The molecule has 0 N–H and O–H groups in total. The van der Waals surface area contributed by atoms with Gasteiger partial charge in [0.15, 0.2) is 0 Å². The molecule has 0 spiro atoms. The average molecular weight is 281 g/mol. The molecule has 18 heavy (non-hydrogen) atoms. The van der Waals surface area contributed by atoms with E-state index in [0.29, 0.717) is 10.9 Å². The molecule has 1 heterocycles. The molecule has 1 aromatic heterocycles. The average Bonchev–Trinajstić information content (AvgIpc) is 2.40. The predicted octanol–water partition coefficient (Wildman–Crippen LogP) is 4.11. The van der Waals surface area contributed by atoms with Crippen LogP contribution in [0.3, 0.4) is 0 Å². The smallest absolute Gasteiger partial charge is 0.0598 e. The highest BCUT2D eigenvalue weighted by Gasteiger charge is 2.08. The van der Waals surface area contributed by atoms with Crippen molar-refractivity contribution in [2.45, 2.75) is 12.4 Å². The number of alkyl halides is 1. The minimum absolute atomic E-state index is 0.471. The molecule has 0 unspecified atom stereocenters. The van der Waals surface area contributed by atoms with Gasteiger partial charge in [-0.25, -0.2) is 0 Å². The van der Waals surface area contributed by atoms with Crippen LogP contribution in [0.15, 0.2) is 42.6 Å². The van der Waals surface area contributed by atoms with Crippen LogP contribution in [0.4, 0.5) is 5.69 Å². The lowest BCUT2D eigenvalue weighted by atomic mass is 10.2. The summed E-state index contributed by atoms with van der Waals surface area (Å²) < 4.78 is 0. The number of aromatic nitrogens is 1. The molecule has 0 aliphatic rings. The molecule has 2 aromatic rings. The maximum Gasteiger partial charge on any atom is 0.0598 e. The Hall–Kier alpha value is -1.25. The normalized spacial score (nSPS) is 10.4. The number of halogens is 2. The van der Waals surface area contributed by atoms with Crippen LogP contribution in [0.2, 0.25) is 5.02 Å². The fourth-order valence-electron chi connectivity index (χ4n) is 1.83. The number of hydrogen-bond donors (Lipinski definition) is 0. The van der Waals surface area contributed by atoms with Gasteiger partial charge in [-0.15, -0.1) is 11.6 Å². The van der Waals surface area contributed by atoms with Crippen molar-refractivity contribution in [1.82, 2.24) is 4.98 Å². The first-order valence-electron chi connectivity index (χ1n) is 5.66. The summed E-state index contributed by atoms with van der Waals surface area (Å²) in [6.45, 7) is 0.727. The number of benzene rings is 1. The van der Waals surface area contributed by atoms with E-state index in [1.165, 1.54) is 0 Å². The van der Waals surface area contributed by atoms with Gasteiger partial charge < -0.3 is 4.90 Å². The van der Waals surface area contributed by atoms with Gasteiger partial charge >= 0.3 is 0 Å². The quantitative estimate of drug-likeness (QED) is 0.784. The summed E-state index contributed by atoms with van der Waals surface area (Å²) in [5.74, 6) is 0.471. The van der Waals surface area contributed by atoms with Crippen molar-refractivity contribution in [3.8, 4) is 0 Å². The van der Waals surface area contributed by atoms with Gasteiger partial charge in [0.2, 0.25) is 0 Å². The second-order valence-electron chi connectivity index (χ2n) is 4.08. The van der Waals surface area contributed by atoms with Gasteiger partial charge in [-0.2, -0.15) is 0 Å². The van der Waals surface area contributed by atoms with E-state index < -0.39 is 0 Å². The first kappa shape index (κ1) is 13.2. The zero-order valence-corrected chi connectivity index (χ0v) is 11.6. The Morgan fingerprint density at radius 2 is 2.06 bits per heavy atom. The Labute approximate surface area is 117 Å². The van der Waals surface area contributed by atoms with Crippen LogP contribution >= 0.6 is 23.2 Å². The molecule has 0 bridgehead atoms. The number of hydrogen-bond acceptors (Lipinski definition) is 2. The predicted molar refractivity (Wildman–Crippen MR) is 77.4 cm³/mol. The number of anilines is 1. The molecular formula is C14H14Cl2N2. The Kier molecular flexibility index (Phi) is 4.45. The van der Waals surface area contributed by atoms with Crippen LogP contribution in [0.5, 0.6) is 0 Å². The van der Waals surface area contributed by atoms with E-state index in [9.17, 15) is 0 Å². The zero-order chi connectivity index (χ0) is 13.0. The summed E-state index contributed by atoms with van der Waals surface area (Å²) in [6.07, 6.45) is 1.80. The molecule has 0 saturated carbocycles. The van der Waals surface area contributed by atoms with Crippen LogP contribution in [0.1, 0.15) is 11.3 Å². The van der Waals surface area contributed by atoms with Crippen molar-refractivity contribution >= 4 is 28.9 Å². The molecule has 0 saturated heterocycles. The highest BCUT2D eigenvalue weighted by Crippen LogP contribution is 2.26. The topological polar surface area (TPSA) is 16.1 Å². The maximum atomic E-state index is 6.04. The highest BCUT2D eigenvalue weighted by atomic mass is 35.5. The monoisotopic (exact) mass is 280 g/mol. The van der Waals surface area contributed by atoms with Crippen LogP contribution < -0.4 is 4.90 Å². The summed E-state index contributed by atoms with van der Waals surface area (Å²) in [6, 6.07) is 11.6. The number of nitrogens with zero attached hydrogens (tertiary/aromatic N) is 2. The lowest BCUT2D eigenvalue weighted by Crippen LogP contribution is -2.18. The van der Waals surface area contributed by atoms with E-state index in [1.807, 2.05) is 43.4 Å². The van der Waals surface area contributed by atoms with Crippen molar-refractivity contribution in [2.75, 3.05) is 11.9 Å². The van der Waals surface area contributed by atoms with Gasteiger partial charge in [0, 0.05) is 29.8 Å². The first-order valence-corrected chi connectivity index (χ1v) is 6.57. The van der Waals surface area contributed by atoms with E-state index in [1.54, 1.807) is 6.20 Å². The van der Waals surface area contributed by atoms with Crippen molar-refractivity contribution in [1.29, 1.82) is 0 Å². The Morgan fingerprint density at radius 1 is 1.22 bits per heavy atom. The third-order valence-electron chi connectivity index (χ3n) is 2.73. The van der Waals surface area contributed by atoms with Crippen molar-refractivity contribution in [3.63, 3.8) is 0 Å². The van der Waals surface area contributed by atoms with E-state index >= 15 is 0 Å². The van der Waals surface area contributed by atoms with E-state index in [-0.39, 0.29) is 0 Å². The molecule has 0 radical (unpaired) electrons. The maximum absolute atomic E-state index is 6.04. The molecule has 0 amide bonds. The van der Waals surface area contributed by atoms with Crippen molar-refractivity contribution in [3.05, 3.63) is 58.9 Å². The van der Waals surface area contributed by atoms with Crippen LogP contribution in [0, 0.1) is 0 Å². The third-order valence-corrected chi connectivity index (χ3v) is 3.25. The lowest BCUT2D eigenvalue weighted by molar-refractivity contribution is 0.880. The molecule has 0 aliphatic carbocycles. The number of rotatable bonds is 4. The number of pyridine rings is 1. The van der Waals surface area contributed by atoms with Crippen molar-refractivity contribution < 1.29 is 0 Å². The summed E-state index contributed by atoms with van der Waals surface area (Å²) in [7, 11) is 2.01. The van der Waals surface area contributed by atoms with E-state index in [0.717, 1.165) is 23.5 Å². The van der Waals surface area contributed by atoms with Crippen LogP contribution in [0.25, 0.3) is 0 Å². The van der Waals surface area contributed by atoms with Crippen LogP contribution in [-0.2, 0) is 12.4 Å². The minimum atomic E-state index is 0.471. The lowest BCUT2D eigenvalue weighted by Gasteiger charge is -2.21. The molecule has 4 heteroatoms. The fourth-order valence-corrected chi connectivity index (χ4v) is 2.22. The van der Waals surface area contributed by atoms with Crippen molar-refractivity contribution in [2.24, 2.45) is 0 Å². The second-order valence-corrected chi connectivity index (χ2v) is 4.79. The van der Waals surface area contributed by atoms with Gasteiger partial charge in [0.05, 0.1) is 12.2 Å². The minimum Gasteiger partial charge on any atom is -0.368 e. The fraction of sp³-hybridized carbons (Fsp3) is 0.214. The van der Waals surface area contributed by atoms with Gasteiger partial charge in [0.25, 0.3) is 0 Å². The Bertz CT molecular complexity index is 514. The Morgan fingerprint density at radius 3 is 2.72 bits per heavy atom. The molecule has 0 fully saturated rings. The SMILES string of the molecule is CN(Cc1ccccn1)c1cc(Cl)ccc1CCl. The molecule has 2 rings (SSSR count). The standard InChI is InChI=1S/C14H14Cl2N2/c1-18(10-13-4-2-3-7-17-13)14-8-12(16)6-5-11(14)9-15/h2-8H,9-10H2,1H3. The molecule has 0 aliphatic heterocycles. The Balaban J connectivity index is 2.23.